The topological polar surface area (TPSA) is 66.8 Å². The fourth-order valence-corrected chi connectivity index (χ4v) is 6.02. The average molecular weight is 533 g/mol. The normalized spacial score (nSPS) is 16.3. The number of piperidine rings is 1. The van der Waals surface area contributed by atoms with Crippen molar-refractivity contribution in [3.05, 3.63) is 71.8 Å². The van der Waals surface area contributed by atoms with Crippen molar-refractivity contribution < 1.29 is 14.3 Å². The molecule has 1 N–H and O–H groups in total. The molecule has 198 valence electrons. The Hall–Kier alpha value is -3.55. The molecule has 38 heavy (non-hydrogen) atoms. The van der Waals surface area contributed by atoms with E-state index >= 15 is 0 Å². The van der Waals surface area contributed by atoms with Crippen LogP contribution in [0.4, 0.5) is 16.2 Å². The lowest BCUT2D eigenvalue weighted by molar-refractivity contribution is -0.117. The van der Waals surface area contributed by atoms with Gasteiger partial charge in [0.25, 0.3) is 0 Å². The summed E-state index contributed by atoms with van der Waals surface area (Å²) in [5.74, 6) is -0.0180. The van der Waals surface area contributed by atoms with E-state index in [1.165, 1.54) is 16.4 Å². The van der Waals surface area contributed by atoms with Crippen LogP contribution < -0.4 is 10.2 Å². The highest BCUT2D eigenvalue weighted by Crippen LogP contribution is 2.35. The van der Waals surface area contributed by atoms with E-state index in [1.807, 2.05) is 36.1 Å². The number of hydrogen-bond acceptors (Lipinski definition) is 4. The number of rotatable bonds is 5. The van der Waals surface area contributed by atoms with Crippen molar-refractivity contribution in [3.63, 3.8) is 0 Å². The Morgan fingerprint density at radius 2 is 1.76 bits per heavy atom. The van der Waals surface area contributed by atoms with Crippen LogP contribution in [-0.2, 0) is 22.7 Å². The third-order valence-corrected chi connectivity index (χ3v) is 7.77. The molecule has 8 heteroatoms. The number of ether oxygens (including phenoxy) is 1. The van der Waals surface area contributed by atoms with Gasteiger partial charge in [-0.3, -0.25) is 14.6 Å². The first-order chi connectivity index (χ1) is 18.0. The number of likely N-dealkylation sites (tertiary alicyclic amines) is 1. The molecule has 1 fully saturated rings. The van der Waals surface area contributed by atoms with E-state index in [0.717, 1.165) is 60.4 Å². The molecule has 3 aromatic carbocycles. The van der Waals surface area contributed by atoms with Crippen LogP contribution in [0.1, 0.15) is 30.9 Å². The molecule has 3 heterocycles. The maximum atomic E-state index is 12.9. The molecule has 0 saturated carbocycles. The van der Waals surface area contributed by atoms with Crippen LogP contribution >= 0.6 is 12.4 Å². The van der Waals surface area contributed by atoms with Gasteiger partial charge in [-0.05, 0) is 56.5 Å². The van der Waals surface area contributed by atoms with E-state index in [9.17, 15) is 9.59 Å². The molecule has 1 aromatic heterocycles. The highest BCUT2D eigenvalue weighted by Gasteiger charge is 2.35. The quantitative estimate of drug-likeness (QED) is 0.337. The van der Waals surface area contributed by atoms with Gasteiger partial charge in [0.05, 0.1) is 12.2 Å². The Labute approximate surface area is 228 Å². The number of hydrogen-bond donors (Lipinski definition) is 1. The summed E-state index contributed by atoms with van der Waals surface area (Å²) in [5, 5.41) is 5.45. The van der Waals surface area contributed by atoms with Crippen LogP contribution in [0, 0.1) is 6.92 Å². The third-order valence-electron chi connectivity index (χ3n) is 7.77. The number of aromatic nitrogens is 1. The number of amides is 2. The van der Waals surface area contributed by atoms with Crippen molar-refractivity contribution in [2.24, 2.45) is 0 Å². The van der Waals surface area contributed by atoms with Gasteiger partial charge in [-0.2, -0.15) is 0 Å². The molecule has 0 radical (unpaired) electrons. The average Bonchev–Trinajstić information content (AvgIpc) is 3.22. The first-order valence-electron chi connectivity index (χ1n) is 13.1. The SMILES string of the molecule is CCn1c2ccccc2c2cc(NC(=O)CN3CCC(N4C(=O)OCc5cccc(C)c54)CC3)ccc21.Cl. The number of nitrogens with zero attached hydrogens (tertiary/aromatic N) is 3. The van der Waals surface area contributed by atoms with Crippen molar-refractivity contribution in [3.8, 4) is 0 Å². The standard InChI is InChI=1S/C30H32N4O3.ClH/c1-3-33-26-10-5-4-9-24(26)25-17-22(11-12-27(25)33)31-28(35)18-32-15-13-23(14-16-32)34-29-20(2)7-6-8-21(29)19-37-30(34)36;/h4-12,17,23H,3,13-16,18-19H2,1-2H3,(H,31,35);1H. The second kappa shape index (κ2) is 10.7. The lowest BCUT2D eigenvalue weighted by atomic mass is 9.99. The summed E-state index contributed by atoms with van der Waals surface area (Å²) in [7, 11) is 0. The fraction of sp³-hybridized carbons (Fsp3) is 0.333. The minimum Gasteiger partial charge on any atom is -0.444 e. The lowest BCUT2D eigenvalue weighted by Gasteiger charge is -2.40. The molecule has 4 aromatic rings. The Kier molecular flexibility index (Phi) is 7.32. The monoisotopic (exact) mass is 532 g/mol. The third kappa shape index (κ3) is 4.61. The van der Waals surface area contributed by atoms with Crippen molar-refractivity contribution in [2.75, 3.05) is 29.9 Å². The predicted molar refractivity (Wildman–Crippen MR) is 154 cm³/mol. The molecule has 0 aliphatic carbocycles. The largest absolute Gasteiger partial charge is 0.444 e. The number of halogens is 1. The maximum Gasteiger partial charge on any atom is 0.414 e. The zero-order valence-corrected chi connectivity index (χ0v) is 22.6. The summed E-state index contributed by atoms with van der Waals surface area (Å²) in [5.41, 5.74) is 6.35. The number of anilines is 2. The van der Waals surface area contributed by atoms with Gasteiger partial charge in [-0.15, -0.1) is 12.4 Å². The lowest BCUT2D eigenvalue weighted by Crippen LogP contribution is -2.50. The smallest absolute Gasteiger partial charge is 0.414 e. The van der Waals surface area contributed by atoms with Crippen molar-refractivity contribution in [1.29, 1.82) is 0 Å². The summed E-state index contributed by atoms with van der Waals surface area (Å²) in [6.07, 6.45) is 1.34. The summed E-state index contributed by atoms with van der Waals surface area (Å²) >= 11 is 0. The second-order valence-corrected chi connectivity index (χ2v) is 10.1. The zero-order chi connectivity index (χ0) is 25.5. The number of para-hydroxylation sites is 2. The Balaban J connectivity index is 0.00000294. The van der Waals surface area contributed by atoms with Crippen molar-refractivity contribution in [1.82, 2.24) is 9.47 Å². The minimum atomic E-state index is -0.266. The molecule has 2 amide bonds. The molecule has 2 aliphatic rings. The van der Waals surface area contributed by atoms with Gasteiger partial charge in [0.2, 0.25) is 5.91 Å². The predicted octanol–water partition coefficient (Wildman–Crippen LogP) is 6.10. The number of fused-ring (bicyclic) bond motifs is 4. The summed E-state index contributed by atoms with van der Waals surface area (Å²) in [6.45, 7) is 7.27. The Bertz CT molecular complexity index is 1510. The summed E-state index contributed by atoms with van der Waals surface area (Å²) in [6, 6.07) is 20.7. The van der Waals surface area contributed by atoms with Crippen molar-refractivity contribution in [2.45, 2.75) is 45.9 Å². The van der Waals surface area contributed by atoms with Crippen molar-refractivity contribution >= 4 is 57.6 Å². The Morgan fingerprint density at radius 3 is 2.55 bits per heavy atom. The van der Waals surface area contributed by atoms with Crippen LogP contribution in [0.5, 0.6) is 0 Å². The number of cyclic esters (lactones) is 1. The van der Waals surface area contributed by atoms with E-state index < -0.39 is 0 Å². The van der Waals surface area contributed by atoms with E-state index in [-0.39, 0.29) is 30.4 Å². The molecule has 2 aliphatic heterocycles. The number of benzene rings is 3. The number of nitrogens with one attached hydrogen (secondary N) is 1. The molecule has 0 bridgehead atoms. The van der Waals surface area contributed by atoms with Gasteiger partial charge in [-0.1, -0.05) is 36.4 Å². The van der Waals surface area contributed by atoms with Gasteiger partial charge in [0, 0.05) is 58.7 Å². The van der Waals surface area contributed by atoms with Gasteiger partial charge in [0.15, 0.2) is 0 Å². The summed E-state index contributed by atoms with van der Waals surface area (Å²) < 4.78 is 7.76. The first-order valence-corrected chi connectivity index (χ1v) is 13.1. The van der Waals surface area contributed by atoms with Gasteiger partial charge < -0.3 is 14.6 Å². The highest BCUT2D eigenvalue weighted by molar-refractivity contribution is 6.09. The second-order valence-electron chi connectivity index (χ2n) is 10.1. The molecule has 0 spiro atoms. The summed E-state index contributed by atoms with van der Waals surface area (Å²) in [4.78, 5) is 29.6. The van der Waals surface area contributed by atoms with Crippen LogP contribution in [0.15, 0.2) is 60.7 Å². The van der Waals surface area contributed by atoms with E-state index in [2.05, 4.69) is 58.1 Å². The maximum absolute atomic E-state index is 12.9. The van der Waals surface area contributed by atoms with Gasteiger partial charge in [-0.25, -0.2) is 4.79 Å². The van der Waals surface area contributed by atoms with Crippen LogP contribution in [0.25, 0.3) is 21.8 Å². The van der Waals surface area contributed by atoms with Gasteiger partial charge >= 0.3 is 6.09 Å². The molecule has 0 atom stereocenters. The minimum absolute atomic E-state index is 0. The van der Waals surface area contributed by atoms with E-state index in [0.29, 0.717) is 13.2 Å². The Morgan fingerprint density at radius 1 is 1.00 bits per heavy atom. The molecule has 1 saturated heterocycles. The molecular formula is C30H33ClN4O3. The number of carbonyl (C=O) groups excluding carboxylic acids is 2. The van der Waals surface area contributed by atoms with Crippen LogP contribution in [-0.4, -0.2) is 47.1 Å². The molecule has 7 nitrogen and oxygen atoms in total. The fourth-order valence-electron chi connectivity index (χ4n) is 6.02. The number of aryl methyl sites for hydroxylation is 2. The van der Waals surface area contributed by atoms with E-state index in [1.54, 1.807) is 0 Å². The van der Waals surface area contributed by atoms with Crippen LogP contribution in [0.2, 0.25) is 0 Å². The molecule has 6 rings (SSSR count). The van der Waals surface area contributed by atoms with Crippen LogP contribution in [0.3, 0.4) is 0 Å². The van der Waals surface area contributed by atoms with E-state index in [4.69, 9.17) is 4.74 Å². The van der Waals surface area contributed by atoms with Gasteiger partial charge in [0.1, 0.15) is 6.61 Å². The number of carbonyl (C=O) groups is 2. The first kappa shape index (κ1) is 26.1. The molecular weight excluding hydrogens is 500 g/mol. The molecule has 0 unspecified atom stereocenters. The zero-order valence-electron chi connectivity index (χ0n) is 21.8. The highest BCUT2D eigenvalue weighted by atomic mass is 35.5.